The number of ether oxygens (including phenoxy) is 1. The molecule has 1 aromatic heterocycles. The number of hydrogen-bond donors (Lipinski definition) is 1. The predicted molar refractivity (Wildman–Crippen MR) is 85.2 cm³/mol. The Labute approximate surface area is 135 Å². The van der Waals surface area contributed by atoms with Crippen LogP contribution in [0.4, 0.5) is 4.39 Å². The lowest BCUT2D eigenvalue weighted by atomic mass is 10.0. The maximum atomic E-state index is 13.5. The van der Waals surface area contributed by atoms with Crippen LogP contribution in [0, 0.1) is 5.82 Å². The number of methoxy groups -OCH3 is 1. The van der Waals surface area contributed by atoms with E-state index >= 15 is 0 Å². The Hall–Kier alpha value is -1.56. The van der Waals surface area contributed by atoms with Gasteiger partial charge in [-0.15, -0.1) is 12.4 Å². The number of halogens is 2. The molecule has 2 heterocycles. The molecule has 0 spiro atoms. The lowest BCUT2D eigenvalue weighted by Crippen LogP contribution is -2.45. The van der Waals surface area contributed by atoms with Crippen LogP contribution in [0.2, 0.25) is 0 Å². The first-order valence-corrected chi connectivity index (χ1v) is 7.11. The zero-order valence-corrected chi connectivity index (χ0v) is 13.2. The number of hydrogen-bond acceptors (Lipinski definition) is 4. The second-order valence-electron chi connectivity index (χ2n) is 5.09. The number of furan rings is 1. The van der Waals surface area contributed by atoms with Crippen molar-refractivity contribution in [3.05, 3.63) is 53.7 Å². The average molecular weight is 327 g/mol. The van der Waals surface area contributed by atoms with E-state index < -0.39 is 0 Å². The molecule has 0 unspecified atom stereocenters. The highest BCUT2D eigenvalue weighted by atomic mass is 35.5. The van der Waals surface area contributed by atoms with Crippen LogP contribution in [0.5, 0.6) is 5.75 Å². The van der Waals surface area contributed by atoms with Crippen molar-refractivity contribution in [1.29, 1.82) is 0 Å². The van der Waals surface area contributed by atoms with Gasteiger partial charge in [-0.2, -0.15) is 0 Å². The van der Waals surface area contributed by atoms with Gasteiger partial charge in [-0.25, -0.2) is 4.39 Å². The molecule has 1 saturated heterocycles. The van der Waals surface area contributed by atoms with E-state index in [0.717, 1.165) is 37.5 Å². The summed E-state index contributed by atoms with van der Waals surface area (Å²) in [6.45, 7) is 3.68. The molecule has 22 heavy (non-hydrogen) atoms. The molecule has 0 amide bonds. The molecule has 4 nitrogen and oxygen atoms in total. The topological polar surface area (TPSA) is 37.6 Å². The van der Waals surface area contributed by atoms with E-state index in [2.05, 4.69) is 10.2 Å². The van der Waals surface area contributed by atoms with E-state index in [-0.39, 0.29) is 24.3 Å². The van der Waals surface area contributed by atoms with Gasteiger partial charge in [-0.1, -0.05) is 6.07 Å². The van der Waals surface area contributed by atoms with Crippen molar-refractivity contribution in [3.8, 4) is 5.75 Å². The molecule has 0 aliphatic carbocycles. The second-order valence-corrected chi connectivity index (χ2v) is 5.09. The predicted octanol–water partition coefficient (Wildman–Crippen LogP) is 2.84. The molecule has 3 rings (SSSR count). The van der Waals surface area contributed by atoms with Gasteiger partial charge in [-0.05, 0) is 18.2 Å². The van der Waals surface area contributed by atoms with Gasteiger partial charge in [0.1, 0.15) is 17.3 Å². The van der Waals surface area contributed by atoms with Crippen LogP contribution in [-0.4, -0.2) is 38.2 Å². The maximum Gasteiger partial charge on any atom is 0.127 e. The molecular formula is C16H20ClFN2O2. The van der Waals surface area contributed by atoms with Crippen LogP contribution in [0.3, 0.4) is 0 Å². The Morgan fingerprint density at radius 3 is 2.68 bits per heavy atom. The van der Waals surface area contributed by atoms with Crippen LogP contribution >= 0.6 is 12.4 Å². The average Bonchev–Trinajstić information content (AvgIpc) is 3.04. The Bertz CT molecular complexity index is 586. The van der Waals surface area contributed by atoms with Gasteiger partial charge in [0.25, 0.3) is 0 Å². The molecule has 6 heteroatoms. The van der Waals surface area contributed by atoms with E-state index in [1.165, 1.54) is 12.1 Å². The van der Waals surface area contributed by atoms with Gasteiger partial charge < -0.3 is 14.5 Å². The molecular weight excluding hydrogens is 307 g/mol. The highest BCUT2D eigenvalue weighted by Crippen LogP contribution is 2.35. The number of nitrogens with zero attached hydrogens (tertiary/aromatic N) is 1. The summed E-state index contributed by atoms with van der Waals surface area (Å²) < 4.78 is 24.4. The third kappa shape index (κ3) is 3.43. The van der Waals surface area contributed by atoms with Gasteiger partial charge in [0.2, 0.25) is 0 Å². The SMILES string of the molecule is COc1cc(F)ccc1[C@@H](c1ccco1)N1CCNCC1.Cl. The molecule has 0 saturated carbocycles. The summed E-state index contributed by atoms with van der Waals surface area (Å²) in [5, 5.41) is 3.34. The lowest BCUT2D eigenvalue weighted by molar-refractivity contribution is 0.177. The summed E-state index contributed by atoms with van der Waals surface area (Å²) in [5.74, 6) is 1.10. The Morgan fingerprint density at radius 1 is 1.27 bits per heavy atom. The minimum atomic E-state index is -0.297. The van der Waals surface area contributed by atoms with Crippen molar-refractivity contribution in [2.24, 2.45) is 0 Å². The highest BCUT2D eigenvalue weighted by Gasteiger charge is 2.28. The Balaban J connectivity index is 0.00000176. The van der Waals surface area contributed by atoms with Gasteiger partial charge in [-0.3, -0.25) is 4.90 Å². The van der Waals surface area contributed by atoms with Crippen molar-refractivity contribution in [2.45, 2.75) is 6.04 Å². The van der Waals surface area contributed by atoms with E-state index in [1.807, 2.05) is 12.1 Å². The van der Waals surface area contributed by atoms with Gasteiger partial charge >= 0.3 is 0 Å². The largest absolute Gasteiger partial charge is 0.496 e. The third-order valence-electron chi connectivity index (χ3n) is 3.82. The monoisotopic (exact) mass is 326 g/mol. The van der Waals surface area contributed by atoms with Crippen molar-refractivity contribution in [2.75, 3.05) is 33.3 Å². The lowest BCUT2D eigenvalue weighted by Gasteiger charge is -2.34. The first kappa shape index (κ1) is 16.8. The third-order valence-corrected chi connectivity index (χ3v) is 3.82. The smallest absolute Gasteiger partial charge is 0.127 e. The fraction of sp³-hybridized carbons (Fsp3) is 0.375. The van der Waals surface area contributed by atoms with E-state index in [9.17, 15) is 4.39 Å². The Kier molecular flexibility index (Phi) is 5.83. The fourth-order valence-electron chi connectivity index (χ4n) is 2.83. The number of piperazine rings is 1. The fourth-order valence-corrected chi connectivity index (χ4v) is 2.83. The quantitative estimate of drug-likeness (QED) is 0.937. The normalized spacial score (nSPS) is 16.8. The van der Waals surface area contributed by atoms with E-state index in [4.69, 9.17) is 9.15 Å². The number of benzene rings is 1. The van der Waals surface area contributed by atoms with Crippen LogP contribution in [0.15, 0.2) is 41.0 Å². The summed E-state index contributed by atoms with van der Waals surface area (Å²) in [4.78, 5) is 2.32. The second kappa shape index (κ2) is 7.63. The first-order chi connectivity index (χ1) is 10.3. The zero-order chi connectivity index (χ0) is 14.7. The molecule has 1 fully saturated rings. The van der Waals surface area contributed by atoms with Crippen LogP contribution in [0.1, 0.15) is 17.4 Å². The Morgan fingerprint density at radius 2 is 2.05 bits per heavy atom. The molecule has 0 bridgehead atoms. The first-order valence-electron chi connectivity index (χ1n) is 7.11. The maximum absolute atomic E-state index is 13.5. The van der Waals surface area contributed by atoms with E-state index in [1.54, 1.807) is 19.4 Å². The van der Waals surface area contributed by atoms with Crippen LogP contribution in [0.25, 0.3) is 0 Å². The van der Waals surface area contributed by atoms with Crippen LogP contribution in [-0.2, 0) is 0 Å². The van der Waals surface area contributed by atoms with Crippen molar-refractivity contribution >= 4 is 12.4 Å². The standard InChI is InChI=1S/C16H19FN2O2.ClH/c1-20-15-11-12(17)4-5-13(15)16(14-3-2-10-21-14)19-8-6-18-7-9-19;/h2-5,10-11,16,18H,6-9H2,1H3;1H/t16-;/m0./s1. The molecule has 1 atom stereocenters. The molecule has 1 aliphatic heterocycles. The molecule has 0 radical (unpaired) electrons. The summed E-state index contributed by atoms with van der Waals surface area (Å²) in [7, 11) is 1.56. The minimum absolute atomic E-state index is 0. The highest BCUT2D eigenvalue weighted by molar-refractivity contribution is 5.85. The van der Waals surface area contributed by atoms with Gasteiger partial charge in [0, 0.05) is 37.8 Å². The summed E-state index contributed by atoms with van der Waals surface area (Å²) in [6.07, 6.45) is 1.67. The van der Waals surface area contributed by atoms with Crippen molar-refractivity contribution < 1.29 is 13.5 Å². The van der Waals surface area contributed by atoms with Crippen molar-refractivity contribution in [3.63, 3.8) is 0 Å². The summed E-state index contributed by atoms with van der Waals surface area (Å²) in [5.41, 5.74) is 0.927. The minimum Gasteiger partial charge on any atom is -0.496 e. The van der Waals surface area contributed by atoms with Crippen molar-refractivity contribution in [1.82, 2.24) is 10.2 Å². The zero-order valence-electron chi connectivity index (χ0n) is 12.4. The molecule has 1 aliphatic rings. The van der Waals surface area contributed by atoms with Gasteiger partial charge in [0.05, 0.1) is 19.4 Å². The number of rotatable bonds is 4. The van der Waals surface area contributed by atoms with Gasteiger partial charge in [0.15, 0.2) is 0 Å². The summed E-state index contributed by atoms with van der Waals surface area (Å²) >= 11 is 0. The van der Waals surface area contributed by atoms with Crippen LogP contribution < -0.4 is 10.1 Å². The molecule has 120 valence electrons. The molecule has 2 aromatic rings. The number of nitrogens with one attached hydrogen (secondary N) is 1. The molecule has 1 aromatic carbocycles. The molecule has 1 N–H and O–H groups in total. The van der Waals surface area contributed by atoms with E-state index in [0.29, 0.717) is 5.75 Å². The summed E-state index contributed by atoms with van der Waals surface area (Å²) in [6, 6.07) is 8.45.